The molecule has 3 rings (SSSR count). The van der Waals surface area contributed by atoms with Crippen LogP contribution in [-0.2, 0) is 0 Å². The molecule has 0 amide bonds. The summed E-state index contributed by atoms with van der Waals surface area (Å²) in [5.74, 6) is 0. The molecule has 0 aliphatic carbocycles. The Morgan fingerprint density at radius 1 is 1.08 bits per heavy atom. The SMILES string of the molecule is Cl.NC[C@H](O)CNc1cc(-c2ccc(Cl)c(Cl)c2)nc2ccccc12. The van der Waals surface area contributed by atoms with Crippen LogP contribution >= 0.6 is 35.6 Å². The topological polar surface area (TPSA) is 71.2 Å². The molecule has 132 valence electrons. The summed E-state index contributed by atoms with van der Waals surface area (Å²) in [6.07, 6.45) is -0.606. The second-order valence-electron chi connectivity index (χ2n) is 5.47. The van der Waals surface area contributed by atoms with Crippen LogP contribution in [0.25, 0.3) is 22.2 Å². The largest absolute Gasteiger partial charge is 0.390 e. The first-order valence-corrected chi connectivity index (χ1v) is 8.31. The highest BCUT2D eigenvalue weighted by atomic mass is 35.5. The van der Waals surface area contributed by atoms with Gasteiger partial charge < -0.3 is 16.2 Å². The van der Waals surface area contributed by atoms with Gasteiger partial charge in [0.15, 0.2) is 0 Å². The van der Waals surface area contributed by atoms with Gasteiger partial charge in [-0.25, -0.2) is 4.98 Å². The van der Waals surface area contributed by atoms with Crippen LogP contribution in [0.15, 0.2) is 48.5 Å². The van der Waals surface area contributed by atoms with E-state index in [0.29, 0.717) is 16.6 Å². The lowest BCUT2D eigenvalue weighted by Crippen LogP contribution is -2.27. The molecule has 1 aromatic heterocycles. The van der Waals surface area contributed by atoms with E-state index in [-0.39, 0.29) is 19.0 Å². The zero-order valence-corrected chi connectivity index (χ0v) is 15.6. The van der Waals surface area contributed by atoms with Crippen molar-refractivity contribution in [3.05, 3.63) is 58.6 Å². The van der Waals surface area contributed by atoms with Crippen LogP contribution in [-0.4, -0.2) is 29.3 Å². The van der Waals surface area contributed by atoms with E-state index in [1.54, 1.807) is 12.1 Å². The molecule has 7 heteroatoms. The Morgan fingerprint density at radius 2 is 1.84 bits per heavy atom. The molecule has 0 bridgehead atoms. The third-order valence-electron chi connectivity index (χ3n) is 3.73. The first-order valence-electron chi connectivity index (χ1n) is 7.55. The lowest BCUT2D eigenvalue weighted by Gasteiger charge is -2.14. The quantitative estimate of drug-likeness (QED) is 0.597. The molecule has 4 nitrogen and oxygen atoms in total. The molecule has 0 unspecified atom stereocenters. The van der Waals surface area contributed by atoms with Gasteiger partial charge in [-0.05, 0) is 24.3 Å². The van der Waals surface area contributed by atoms with Crippen LogP contribution in [0.3, 0.4) is 0 Å². The van der Waals surface area contributed by atoms with Crippen molar-refractivity contribution in [1.29, 1.82) is 0 Å². The Bertz CT molecular complexity index is 873. The molecule has 0 fully saturated rings. The number of nitrogens with two attached hydrogens (primary N) is 1. The molecule has 0 radical (unpaired) electrons. The van der Waals surface area contributed by atoms with Crippen molar-refractivity contribution >= 4 is 52.2 Å². The number of benzene rings is 2. The maximum Gasteiger partial charge on any atom is 0.0834 e. The summed E-state index contributed by atoms with van der Waals surface area (Å²) in [5.41, 5.74) is 8.85. The first kappa shape index (κ1) is 19.8. The predicted octanol–water partition coefficient (Wildman–Crippen LogP) is 4.36. The van der Waals surface area contributed by atoms with E-state index in [9.17, 15) is 5.11 Å². The van der Waals surface area contributed by atoms with E-state index in [2.05, 4.69) is 5.32 Å². The minimum Gasteiger partial charge on any atom is -0.390 e. The fourth-order valence-electron chi connectivity index (χ4n) is 2.44. The molecule has 0 aliphatic rings. The number of nitrogens with one attached hydrogen (secondary N) is 1. The number of rotatable bonds is 5. The number of pyridine rings is 1. The summed E-state index contributed by atoms with van der Waals surface area (Å²) in [7, 11) is 0. The number of aliphatic hydroxyl groups excluding tert-OH is 1. The van der Waals surface area contributed by atoms with E-state index >= 15 is 0 Å². The van der Waals surface area contributed by atoms with Gasteiger partial charge in [-0.15, -0.1) is 12.4 Å². The van der Waals surface area contributed by atoms with E-state index in [4.69, 9.17) is 33.9 Å². The predicted molar refractivity (Wildman–Crippen MR) is 108 cm³/mol. The third kappa shape index (κ3) is 4.54. The highest BCUT2D eigenvalue weighted by Crippen LogP contribution is 2.31. The van der Waals surface area contributed by atoms with E-state index in [1.807, 2.05) is 36.4 Å². The zero-order valence-electron chi connectivity index (χ0n) is 13.2. The van der Waals surface area contributed by atoms with Gasteiger partial charge in [0, 0.05) is 29.7 Å². The van der Waals surface area contributed by atoms with Gasteiger partial charge in [0.25, 0.3) is 0 Å². The van der Waals surface area contributed by atoms with Crippen LogP contribution in [0, 0.1) is 0 Å². The average molecular weight is 399 g/mol. The summed E-state index contributed by atoms with van der Waals surface area (Å²) in [4.78, 5) is 4.70. The summed E-state index contributed by atoms with van der Waals surface area (Å²) in [6, 6.07) is 15.2. The van der Waals surface area contributed by atoms with Crippen molar-refractivity contribution in [3.8, 4) is 11.3 Å². The van der Waals surface area contributed by atoms with Crippen molar-refractivity contribution in [1.82, 2.24) is 4.98 Å². The number of para-hydroxylation sites is 1. The molecule has 0 aliphatic heterocycles. The normalized spacial score (nSPS) is 11.8. The zero-order chi connectivity index (χ0) is 17.1. The van der Waals surface area contributed by atoms with Crippen molar-refractivity contribution in [2.45, 2.75) is 6.10 Å². The summed E-state index contributed by atoms with van der Waals surface area (Å²) >= 11 is 12.1. The lowest BCUT2D eigenvalue weighted by atomic mass is 10.1. The van der Waals surface area contributed by atoms with Gasteiger partial charge in [0.1, 0.15) is 0 Å². The van der Waals surface area contributed by atoms with E-state index in [0.717, 1.165) is 27.8 Å². The van der Waals surface area contributed by atoms with Crippen LogP contribution in [0.5, 0.6) is 0 Å². The molecule has 2 aromatic carbocycles. The second-order valence-corrected chi connectivity index (χ2v) is 6.29. The Hall–Kier alpha value is -1.56. The number of hydrogen-bond donors (Lipinski definition) is 3. The lowest BCUT2D eigenvalue weighted by molar-refractivity contribution is 0.196. The van der Waals surface area contributed by atoms with Crippen molar-refractivity contribution in [3.63, 3.8) is 0 Å². The molecule has 4 N–H and O–H groups in total. The molecule has 0 saturated heterocycles. The number of halogens is 3. The highest BCUT2D eigenvalue weighted by Gasteiger charge is 2.10. The van der Waals surface area contributed by atoms with Gasteiger partial charge >= 0.3 is 0 Å². The Labute approximate surface area is 162 Å². The summed E-state index contributed by atoms with van der Waals surface area (Å²) in [6.45, 7) is 0.570. The van der Waals surface area contributed by atoms with Crippen LogP contribution < -0.4 is 11.1 Å². The van der Waals surface area contributed by atoms with Crippen molar-refractivity contribution < 1.29 is 5.11 Å². The van der Waals surface area contributed by atoms with E-state index in [1.165, 1.54) is 0 Å². The van der Waals surface area contributed by atoms with Crippen LogP contribution in [0.2, 0.25) is 10.0 Å². The fraction of sp³-hybridized carbons (Fsp3) is 0.167. The molecular weight excluding hydrogens is 381 g/mol. The van der Waals surface area contributed by atoms with Crippen molar-refractivity contribution in [2.24, 2.45) is 5.73 Å². The van der Waals surface area contributed by atoms with Gasteiger partial charge in [0.2, 0.25) is 0 Å². The molecule has 1 atom stereocenters. The third-order valence-corrected chi connectivity index (χ3v) is 4.47. The molecule has 1 heterocycles. The van der Waals surface area contributed by atoms with Crippen LogP contribution in [0.1, 0.15) is 0 Å². The van der Waals surface area contributed by atoms with Gasteiger partial charge in [-0.3, -0.25) is 0 Å². The monoisotopic (exact) mass is 397 g/mol. The Balaban J connectivity index is 0.00000225. The molecule has 25 heavy (non-hydrogen) atoms. The number of fused-ring (bicyclic) bond motifs is 1. The number of nitrogens with zero attached hydrogens (tertiary/aromatic N) is 1. The average Bonchev–Trinajstić information content (AvgIpc) is 2.61. The van der Waals surface area contributed by atoms with Gasteiger partial charge in [-0.1, -0.05) is 47.5 Å². The Kier molecular flexibility index (Phi) is 6.87. The van der Waals surface area contributed by atoms with Gasteiger partial charge in [-0.2, -0.15) is 0 Å². The minimum absolute atomic E-state index is 0. The maximum atomic E-state index is 9.71. The maximum absolute atomic E-state index is 9.71. The van der Waals surface area contributed by atoms with Gasteiger partial charge in [0.05, 0.1) is 27.4 Å². The number of anilines is 1. The molecular formula is C18H18Cl3N3O. The fourth-order valence-corrected chi connectivity index (χ4v) is 2.73. The van der Waals surface area contributed by atoms with Crippen molar-refractivity contribution in [2.75, 3.05) is 18.4 Å². The first-order chi connectivity index (χ1) is 11.6. The molecule has 3 aromatic rings. The van der Waals surface area contributed by atoms with Crippen LogP contribution in [0.4, 0.5) is 5.69 Å². The highest BCUT2D eigenvalue weighted by molar-refractivity contribution is 6.42. The Morgan fingerprint density at radius 3 is 2.56 bits per heavy atom. The number of hydrogen-bond acceptors (Lipinski definition) is 4. The minimum atomic E-state index is -0.606. The standard InChI is InChI=1S/C18H17Cl2N3O.ClH/c19-14-6-5-11(7-15(14)20)17-8-18(22-10-12(24)9-21)13-3-1-2-4-16(13)23-17;/h1-8,12,24H,9-10,21H2,(H,22,23);1H/t12-;/m0./s1. The number of aromatic nitrogens is 1. The smallest absolute Gasteiger partial charge is 0.0834 e. The number of aliphatic hydroxyl groups is 1. The molecule has 0 saturated carbocycles. The van der Waals surface area contributed by atoms with E-state index < -0.39 is 6.10 Å². The molecule has 0 spiro atoms. The summed E-state index contributed by atoms with van der Waals surface area (Å²) in [5, 5.41) is 14.9. The second kappa shape index (κ2) is 8.70. The summed E-state index contributed by atoms with van der Waals surface area (Å²) < 4.78 is 0.